The number of ether oxygens (including phenoxy) is 3. The molecular formula is C12H13F3O4. The van der Waals surface area contributed by atoms with Crippen LogP contribution >= 0.6 is 0 Å². The average Bonchev–Trinajstić information content (AvgIpc) is 2.26. The van der Waals surface area contributed by atoms with Crippen LogP contribution in [0.4, 0.5) is 13.2 Å². The van der Waals surface area contributed by atoms with Crippen LogP contribution in [0.25, 0.3) is 0 Å². The zero-order valence-electron chi connectivity index (χ0n) is 10.4. The summed E-state index contributed by atoms with van der Waals surface area (Å²) in [4.78, 5) is 11.1. The topological polar surface area (TPSA) is 44.8 Å². The second-order valence-corrected chi connectivity index (χ2v) is 3.55. The molecule has 0 saturated carbocycles. The minimum atomic E-state index is -4.80. The van der Waals surface area contributed by atoms with Gasteiger partial charge in [0.2, 0.25) is 0 Å². The molecule has 0 aliphatic heterocycles. The van der Waals surface area contributed by atoms with Gasteiger partial charge < -0.3 is 14.2 Å². The number of benzene rings is 1. The van der Waals surface area contributed by atoms with Gasteiger partial charge in [-0.25, -0.2) is 0 Å². The van der Waals surface area contributed by atoms with E-state index >= 15 is 0 Å². The van der Waals surface area contributed by atoms with Gasteiger partial charge in [-0.15, -0.1) is 13.2 Å². The first-order chi connectivity index (χ1) is 8.84. The van der Waals surface area contributed by atoms with Crippen LogP contribution in [0.1, 0.15) is 12.5 Å². The zero-order chi connectivity index (χ0) is 14.5. The van der Waals surface area contributed by atoms with Crippen molar-refractivity contribution in [2.45, 2.75) is 19.7 Å². The summed E-state index contributed by atoms with van der Waals surface area (Å²) < 4.78 is 49.9. The van der Waals surface area contributed by atoms with E-state index in [-0.39, 0.29) is 18.8 Å². The Labute approximate surface area is 108 Å². The molecule has 1 rings (SSSR count). The number of carbonyl (C=O) groups is 1. The maximum absolute atomic E-state index is 12.2. The largest absolute Gasteiger partial charge is 0.573 e. The number of rotatable bonds is 5. The van der Waals surface area contributed by atoms with Crippen molar-refractivity contribution in [2.75, 3.05) is 13.7 Å². The number of carbonyl (C=O) groups excluding carboxylic acids is 1. The molecule has 1 aromatic rings. The number of alkyl halides is 3. The monoisotopic (exact) mass is 278 g/mol. The van der Waals surface area contributed by atoms with Crippen LogP contribution in [0.15, 0.2) is 18.2 Å². The minimum absolute atomic E-state index is 0.161. The van der Waals surface area contributed by atoms with E-state index in [0.29, 0.717) is 5.56 Å². The van der Waals surface area contributed by atoms with Crippen LogP contribution in [-0.2, 0) is 16.0 Å². The van der Waals surface area contributed by atoms with E-state index in [0.717, 1.165) is 12.1 Å². The second kappa shape index (κ2) is 6.31. The highest BCUT2D eigenvalue weighted by Crippen LogP contribution is 2.28. The third-order valence-corrected chi connectivity index (χ3v) is 2.06. The molecule has 106 valence electrons. The molecule has 0 heterocycles. The molecule has 0 N–H and O–H groups in total. The molecule has 0 atom stereocenters. The van der Waals surface area contributed by atoms with Gasteiger partial charge in [0, 0.05) is 6.07 Å². The van der Waals surface area contributed by atoms with E-state index in [1.165, 1.54) is 13.2 Å². The average molecular weight is 278 g/mol. The predicted molar refractivity (Wildman–Crippen MR) is 60.0 cm³/mol. The van der Waals surface area contributed by atoms with Crippen molar-refractivity contribution in [3.05, 3.63) is 23.8 Å². The summed E-state index contributed by atoms with van der Waals surface area (Å²) in [7, 11) is 1.20. The van der Waals surface area contributed by atoms with Gasteiger partial charge in [0.25, 0.3) is 0 Å². The lowest BCUT2D eigenvalue weighted by atomic mass is 10.1. The molecular weight excluding hydrogens is 265 g/mol. The first kappa shape index (κ1) is 15.1. The first-order valence-electron chi connectivity index (χ1n) is 5.43. The number of hydrogen-bond donors (Lipinski definition) is 0. The Balaban J connectivity index is 2.99. The molecule has 19 heavy (non-hydrogen) atoms. The van der Waals surface area contributed by atoms with Gasteiger partial charge in [0.1, 0.15) is 11.5 Å². The standard InChI is InChI=1S/C12H13F3O4/c1-3-18-9-4-8(6-11(16)17-2)5-10(7-9)19-12(13,14)15/h4-5,7H,3,6H2,1-2H3. The van der Waals surface area contributed by atoms with Crippen molar-refractivity contribution in [3.63, 3.8) is 0 Å². The van der Waals surface area contributed by atoms with Gasteiger partial charge in [-0.05, 0) is 24.6 Å². The van der Waals surface area contributed by atoms with E-state index in [1.807, 2.05) is 0 Å². The van der Waals surface area contributed by atoms with E-state index < -0.39 is 18.1 Å². The fourth-order valence-corrected chi connectivity index (χ4v) is 1.41. The van der Waals surface area contributed by atoms with E-state index in [9.17, 15) is 18.0 Å². The van der Waals surface area contributed by atoms with Gasteiger partial charge in [0.15, 0.2) is 0 Å². The van der Waals surface area contributed by atoms with E-state index in [4.69, 9.17) is 4.74 Å². The van der Waals surface area contributed by atoms with Crippen LogP contribution < -0.4 is 9.47 Å². The van der Waals surface area contributed by atoms with Gasteiger partial charge in [-0.3, -0.25) is 4.79 Å². The summed E-state index contributed by atoms with van der Waals surface area (Å²) in [6, 6.07) is 3.69. The fraction of sp³-hybridized carbons (Fsp3) is 0.417. The third-order valence-electron chi connectivity index (χ3n) is 2.06. The summed E-state index contributed by atoms with van der Waals surface area (Å²) in [6.45, 7) is 1.98. The van der Waals surface area contributed by atoms with Gasteiger partial charge >= 0.3 is 12.3 Å². The summed E-state index contributed by atoms with van der Waals surface area (Å²) in [6.07, 6.45) is -4.96. The summed E-state index contributed by atoms with van der Waals surface area (Å²) >= 11 is 0. The van der Waals surface area contributed by atoms with Gasteiger partial charge in [-0.2, -0.15) is 0 Å². The van der Waals surface area contributed by atoms with E-state index in [2.05, 4.69) is 9.47 Å². The highest BCUT2D eigenvalue weighted by molar-refractivity contribution is 5.72. The maximum Gasteiger partial charge on any atom is 0.573 e. The molecule has 7 heteroatoms. The lowest BCUT2D eigenvalue weighted by Crippen LogP contribution is -2.17. The smallest absolute Gasteiger partial charge is 0.494 e. The van der Waals surface area contributed by atoms with Crippen molar-refractivity contribution < 1.29 is 32.2 Å². The molecule has 0 radical (unpaired) electrons. The SMILES string of the molecule is CCOc1cc(CC(=O)OC)cc(OC(F)(F)F)c1. The van der Waals surface area contributed by atoms with Crippen LogP contribution in [0.3, 0.4) is 0 Å². The van der Waals surface area contributed by atoms with Crippen molar-refractivity contribution in [1.82, 2.24) is 0 Å². The Morgan fingerprint density at radius 2 is 1.84 bits per heavy atom. The molecule has 1 aromatic carbocycles. The number of methoxy groups -OCH3 is 1. The number of esters is 1. The molecule has 0 spiro atoms. The highest BCUT2D eigenvalue weighted by atomic mass is 19.4. The van der Waals surface area contributed by atoms with Crippen molar-refractivity contribution in [1.29, 1.82) is 0 Å². The molecule has 0 aliphatic carbocycles. The Morgan fingerprint density at radius 3 is 2.37 bits per heavy atom. The van der Waals surface area contributed by atoms with Crippen molar-refractivity contribution >= 4 is 5.97 Å². The Kier molecular flexibility index (Phi) is 5.02. The van der Waals surface area contributed by atoms with Gasteiger partial charge in [0.05, 0.1) is 20.1 Å². The zero-order valence-corrected chi connectivity index (χ0v) is 10.4. The summed E-state index contributed by atoms with van der Waals surface area (Å²) in [5.74, 6) is -0.799. The van der Waals surface area contributed by atoms with Crippen LogP contribution in [0.2, 0.25) is 0 Å². The fourth-order valence-electron chi connectivity index (χ4n) is 1.41. The normalized spacial score (nSPS) is 11.0. The van der Waals surface area contributed by atoms with Crippen LogP contribution in [-0.4, -0.2) is 26.0 Å². The molecule has 0 saturated heterocycles. The molecule has 0 aromatic heterocycles. The molecule has 0 amide bonds. The van der Waals surface area contributed by atoms with Gasteiger partial charge in [-0.1, -0.05) is 0 Å². The molecule has 0 bridgehead atoms. The van der Waals surface area contributed by atoms with Crippen molar-refractivity contribution in [3.8, 4) is 11.5 Å². The highest BCUT2D eigenvalue weighted by Gasteiger charge is 2.31. The second-order valence-electron chi connectivity index (χ2n) is 3.55. The van der Waals surface area contributed by atoms with Crippen LogP contribution in [0.5, 0.6) is 11.5 Å². The minimum Gasteiger partial charge on any atom is -0.494 e. The molecule has 0 unspecified atom stereocenters. The Morgan fingerprint density at radius 1 is 1.21 bits per heavy atom. The molecule has 0 fully saturated rings. The van der Waals surface area contributed by atoms with Crippen molar-refractivity contribution in [2.24, 2.45) is 0 Å². The lowest BCUT2D eigenvalue weighted by molar-refractivity contribution is -0.274. The summed E-state index contributed by atoms with van der Waals surface area (Å²) in [5, 5.41) is 0. The Bertz CT molecular complexity index is 443. The van der Waals surface area contributed by atoms with E-state index in [1.54, 1.807) is 6.92 Å². The third kappa shape index (κ3) is 5.50. The number of halogens is 3. The Hall–Kier alpha value is -1.92. The van der Waals surface area contributed by atoms with Crippen LogP contribution in [0, 0.1) is 0 Å². The quantitative estimate of drug-likeness (QED) is 0.777. The predicted octanol–water partition coefficient (Wildman–Crippen LogP) is 2.70. The molecule has 4 nitrogen and oxygen atoms in total. The lowest BCUT2D eigenvalue weighted by Gasteiger charge is -2.12. The molecule has 0 aliphatic rings. The first-order valence-corrected chi connectivity index (χ1v) is 5.43. The maximum atomic E-state index is 12.2. The number of hydrogen-bond acceptors (Lipinski definition) is 4. The summed E-state index contributed by atoms with van der Waals surface area (Å²) in [5.41, 5.74) is 0.317.